The van der Waals surface area contributed by atoms with E-state index in [1.165, 1.54) is 0 Å². The summed E-state index contributed by atoms with van der Waals surface area (Å²) >= 11 is 0. The van der Waals surface area contributed by atoms with Gasteiger partial charge in [-0.1, -0.05) is 20.8 Å². The molecular formula is C14H22N4O. The molecule has 0 spiro atoms. The second kappa shape index (κ2) is 5.15. The van der Waals surface area contributed by atoms with Crippen molar-refractivity contribution < 1.29 is 4.79 Å². The Morgan fingerprint density at radius 2 is 2.21 bits per heavy atom. The average molecular weight is 262 g/mol. The lowest BCUT2D eigenvalue weighted by Gasteiger charge is -2.21. The van der Waals surface area contributed by atoms with Crippen LogP contribution in [0.25, 0.3) is 0 Å². The van der Waals surface area contributed by atoms with E-state index in [1.54, 1.807) is 13.2 Å². The largest absolute Gasteiger partial charge is 0.359 e. The van der Waals surface area contributed by atoms with E-state index >= 15 is 0 Å². The van der Waals surface area contributed by atoms with Crippen LogP contribution >= 0.6 is 0 Å². The molecule has 5 heteroatoms. The van der Waals surface area contributed by atoms with E-state index in [1.807, 2.05) is 6.07 Å². The zero-order valence-electron chi connectivity index (χ0n) is 12.1. The number of hydrogen-bond donors (Lipinski definition) is 1. The van der Waals surface area contributed by atoms with Gasteiger partial charge in [-0.2, -0.15) is 0 Å². The van der Waals surface area contributed by atoms with Crippen LogP contribution in [0, 0.1) is 5.92 Å². The van der Waals surface area contributed by atoms with E-state index in [0.29, 0.717) is 0 Å². The zero-order valence-corrected chi connectivity index (χ0v) is 12.1. The summed E-state index contributed by atoms with van der Waals surface area (Å²) in [5.41, 5.74) is -0.0596. The monoisotopic (exact) mass is 262 g/mol. The number of carbonyl (C=O) groups excluding carboxylic acids is 1. The van der Waals surface area contributed by atoms with Crippen molar-refractivity contribution in [3.05, 3.63) is 18.1 Å². The van der Waals surface area contributed by atoms with E-state index in [9.17, 15) is 4.79 Å². The quantitative estimate of drug-likeness (QED) is 0.874. The van der Waals surface area contributed by atoms with Crippen LogP contribution in [0.3, 0.4) is 0 Å². The van der Waals surface area contributed by atoms with Crippen molar-refractivity contribution in [2.45, 2.75) is 32.6 Å². The molecule has 0 aliphatic carbocycles. The van der Waals surface area contributed by atoms with Gasteiger partial charge in [0.2, 0.25) is 5.91 Å². The van der Waals surface area contributed by atoms with Gasteiger partial charge in [-0.05, 0) is 12.5 Å². The number of amides is 1. The van der Waals surface area contributed by atoms with Crippen molar-refractivity contribution in [2.24, 2.45) is 5.92 Å². The Balaban J connectivity index is 2.14. The maximum absolute atomic E-state index is 11.6. The summed E-state index contributed by atoms with van der Waals surface area (Å²) in [4.78, 5) is 22.8. The summed E-state index contributed by atoms with van der Waals surface area (Å²) < 4.78 is 0. The molecule has 1 fully saturated rings. The SMILES string of the molecule is CNC(=O)C1CCN(c2ccnc(C(C)(C)C)n2)C1. The minimum absolute atomic E-state index is 0.0596. The van der Waals surface area contributed by atoms with E-state index in [-0.39, 0.29) is 17.2 Å². The molecule has 0 bridgehead atoms. The predicted molar refractivity (Wildman–Crippen MR) is 75.1 cm³/mol. The van der Waals surface area contributed by atoms with Crippen molar-refractivity contribution in [3.63, 3.8) is 0 Å². The average Bonchev–Trinajstić information content (AvgIpc) is 2.86. The molecule has 1 unspecified atom stereocenters. The van der Waals surface area contributed by atoms with Gasteiger partial charge in [0.05, 0.1) is 5.92 Å². The Morgan fingerprint density at radius 1 is 1.47 bits per heavy atom. The Morgan fingerprint density at radius 3 is 2.84 bits per heavy atom. The van der Waals surface area contributed by atoms with Gasteiger partial charge in [-0.25, -0.2) is 9.97 Å². The minimum Gasteiger partial charge on any atom is -0.359 e. The van der Waals surface area contributed by atoms with Gasteiger partial charge in [0.1, 0.15) is 11.6 Å². The molecule has 2 rings (SSSR count). The van der Waals surface area contributed by atoms with Gasteiger partial charge < -0.3 is 10.2 Å². The smallest absolute Gasteiger partial charge is 0.224 e. The molecule has 1 saturated heterocycles. The van der Waals surface area contributed by atoms with Crippen molar-refractivity contribution in [3.8, 4) is 0 Å². The van der Waals surface area contributed by atoms with Crippen LogP contribution in [0.1, 0.15) is 33.0 Å². The first-order chi connectivity index (χ1) is 8.91. The van der Waals surface area contributed by atoms with Gasteiger partial charge in [0.15, 0.2) is 0 Å². The Hall–Kier alpha value is -1.65. The van der Waals surface area contributed by atoms with E-state index in [2.05, 4.69) is 41.0 Å². The molecule has 1 atom stereocenters. The van der Waals surface area contributed by atoms with E-state index < -0.39 is 0 Å². The Kier molecular flexibility index (Phi) is 3.73. The molecule has 1 aromatic rings. The van der Waals surface area contributed by atoms with E-state index in [4.69, 9.17) is 0 Å². The first-order valence-electron chi connectivity index (χ1n) is 6.72. The standard InChI is InChI=1S/C14H22N4O/c1-14(2,3)13-16-7-5-11(17-13)18-8-6-10(9-18)12(19)15-4/h5,7,10H,6,8-9H2,1-4H3,(H,15,19). The first kappa shape index (κ1) is 13.8. The fourth-order valence-corrected chi connectivity index (χ4v) is 2.27. The molecule has 1 aromatic heterocycles. The molecule has 0 saturated carbocycles. The molecule has 0 aromatic carbocycles. The van der Waals surface area contributed by atoms with Gasteiger partial charge in [-0.3, -0.25) is 4.79 Å². The second-order valence-electron chi connectivity index (χ2n) is 6.03. The Labute approximate surface area is 114 Å². The van der Waals surface area contributed by atoms with Crippen LogP contribution in [0.15, 0.2) is 12.3 Å². The van der Waals surface area contributed by atoms with Gasteiger partial charge in [0, 0.05) is 31.7 Å². The normalized spacial score (nSPS) is 19.6. The summed E-state index contributed by atoms with van der Waals surface area (Å²) in [6.45, 7) is 7.91. The lowest BCUT2D eigenvalue weighted by molar-refractivity contribution is -0.123. The molecule has 104 valence electrons. The highest BCUT2D eigenvalue weighted by molar-refractivity contribution is 5.79. The van der Waals surface area contributed by atoms with Crippen LogP contribution in [0.5, 0.6) is 0 Å². The molecule has 1 aliphatic heterocycles. The zero-order chi connectivity index (χ0) is 14.0. The van der Waals surface area contributed by atoms with Crippen molar-refractivity contribution in [2.75, 3.05) is 25.0 Å². The third-order valence-electron chi connectivity index (χ3n) is 3.44. The van der Waals surface area contributed by atoms with Crippen LogP contribution in [-0.4, -0.2) is 36.0 Å². The number of hydrogen-bond acceptors (Lipinski definition) is 4. The molecule has 2 heterocycles. The number of carbonyl (C=O) groups is 1. The highest BCUT2D eigenvalue weighted by Crippen LogP contribution is 2.24. The molecule has 19 heavy (non-hydrogen) atoms. The lowest BCUT2D eigenvalue weighted by atomic mass is 9.96. The van der Waals surface area contributed by atoms with Crippen molar-refractivity contribution >= 4 is 11.7 Å². The van der Waals surface area contributed by atoms with Crippen LogP contribution < -0.4 is 10.2 Å². The molecule has 1 aliphatic rings. The number of nitrogens with zero attached hydrogens (tertiary/aromatic N) is 3. The van der Waals surface area contributed by atoms with Gasteiger partial charge in [0.25, 0.3) is 0 Å². The fourth-order valence-electron chi connectivity index (χ4n) is 2.27. The van der Waals surface area contributed by atoms with Crippen molar-refractivity contribution in [1.29, 1.82) is 0 Å². The maximum Gasteiger partial charge on any atom is 0.224 e. The predicted octanol–water partition coefficient (Wildman–Crippen LogP) is 1.35. The number of aromatic nitrogens is 2. The van der Waals surface area contributed by atoms with Gasteiger partial charge >= 0.3 is 0 Å². The topological polar surface area (TPSA) is 58.1 Å². The van der Waals surface area contributed by atoms with Crippen LogP contribution in [0.4, 0.5) is 5.82 Å². The fraction of sp³-hybridized carbons (Fsp3) is 0.643. The highest BCUT2D eigenvalue weighted by Gasteiger charge is 2.29. The third-order valence-corrected chi connectivity index (χ3v) is 3.44. The van der Waals surface area contributed by atoms with Crippen LogP contribution in [0.2, 0.25) is 0 Å². The maximum atomic E-state index is 11.6. The first-order valence-corrected chi connectivity index (χ1v) is 6.72. The van der Waals surface area contributed by atoms with Crippen LogP contribution in [-0.2, 0) is 10.2 Å². The molecular weight excluding hydrogens is 240 g/mol. The summed E-state index contributed by atoms with van der Waals surface area (Å²) in [5.74, 6) is 1.95. The molecule has 1 amide bonds. The van der Waals surface area contributed by atoms with Gasteiger partial charge in [-0.15, -0.1) is 0 Å². The molecule has 5 nitrogen and oxygen atoms in total. The highest BCUT2D eigenvalue weighted by atomic mass is 16.1. The Bertz CT molecular complexity index is 467. The second-order valence-corrected chi connectivity index (χ2v) is 6.03. The summed E-state index contributed by atoms with van der Waals surface area (Å²) in [7, 11) is 1.69. The van der Waals surface area contributed by atoms with Crippen molar-refractivity contribution in [1.82, 2.24) is 15.3 Å². The summed E-state index contributed by atoms with van der Waals surface area (Å²) in [6, 6.07) is 1.92. The number of nitrogens with one attached hydrogen (secondary N) is 1. The number of anilines is 1. The molecule has 0 radical (unpaired) electrons. The van der Waals surface area contributed by atoms with E-state index in [0.717, 1.165) is 31.2 Å². The summed E-state index contributed by atoms with van der Waals surface area (Å²) in [5, 5.41) is 2.72. The third kappa shape index (κ3) is 3.03. The lowest BCUT2D eigenvalue weighted by Crippen LogP contribution is -2.30. The number of rotatable bonds is 2. The molecule has 1 N–H and O–H groups in total. The summed E-state index contributed by atoms with van der Waals surface area (Å²) in [6.07, 6.45) is 2.69. The minimum atomic E-state index is -0.0596.